The summed E-state index contributed by atoms with van der Waals surface area (Å²) in [7, 11) is 2.27. The second kappa shape index (κ2) is 10.3. The summed E-state index contributed by atoms with van der Waals surface area (Å²) in [6, 6.07) is 17.5. The van der Waals surface area contributed by atoms with Crippen molar-refractivity contribution in [1.29, 1.82) is 0 Å². The largest absolute Gasteiger partial charge is 0.368 e. The minimum atomic E-state index is 0.0348. The quantitative estimate of drug-likeness (QED) is 0.464. The van der Waals surface area contributed by atoms with Crippen LogP contribution in [-0.2, 0) is 4.79 Å². The number of nitrogens with one attached hydrogen (secondary N) is 2. The molecule has 2 unspecified atom stereocenters. The lowest BCUT2D eigenvalue weighted by molar-refractivity contribution is -0.116. The van der Waals surface area contributed by atoms with E-state index in [0.717, 1.165) is 35.7 Å². The third kappa shape index (κ3) is 5.36. The fourth-order valence-corrected chi connectivity index (χ4v) is 5.41. The fraction of sp³-hybridized carbons (Fsp3) is 0.414. The van der Waals surface area contributed by atoms with Crippen molar-refractivity contribution in [2.45, 2.75) is 52.1 Å². The van der Waals surface area contributed by atoms with Gasteiger partial charge in [-0.25, -0.2) is 9.97 Å². The number of aromatic nitrogens is 2. The van der Waals surface area contributed by atoms with Gasteiger partial charge < -0.3 is 15.5 Å². The van der Waals surface area contributed by atoms with Crippen LogP contribution < -0.4 is 15.5 Å². The monoisotopic (exact) mass is 484 g/mol. The van der Waals surface area contributed by atoms with Crippen LogP contribution in [0.15, 0.2) is 54.7 Å². The molecule has 2 aliphatic rings. The van der Waals surface area contributed by atoms with E-state index < -0.39 is 0 Å². The molecule has 2 atom stereocenters. The summed E-state index contributed by atoms with van der Waals surface area (Å²) in [5.74, 6) is 0.928. The maximum atomic E-state index is 12.0. The van der Waals surface area contributed by atoms with Crippen molar-refractivity contribution in [2.24, 2.45) is 5.92 Å². The zero-order valence-electron chi connectivity index (χ0n) is 21.7. The highest BCUT2D eigenvalue weighted by Gasteiger charge is 2.37. The summed E-state index contributed by atoms with van der Waals surface area (Å²) in [6.07, 6.45) is 4.89. The molecule has 3 aromatic rings. The molecular formula is C29H36N6O. The highest BCUT2D eigenvalue weighted by molar-refractivity contribution is 5.91. The molecule has 7 nitrogen and oxygen atoms in total. The Balaban J connectivity index is 1.25. The van der Waals surface area contributed by atoms with Crippen LogP contribution in [0.25, 0.3) is 11.3 Å². The highest BCUT2D eigenvalue weighted by atomic mass is 16.1. The minimum absolute atomic E-state index is 0.0348. The van der Waals surface area contributed by atoms with E-state index in [1.165, 1.54) is 24.1 Å². The maximum absolute atomic E-state index is 12.0. The summed E-state index contributed by atoms with van der Waals surface area (Å²) >= 11 is 0. The number of amides is 1. The normalized spacial score (nSPS) is 19.5. The Morgan fingerprint density at radius 2 is 1.72 bits per heavy atom. The Hall–Kier alpha value is -3.45. The van der Waals surface area contributed by atoms with Crippen LogP contribution in [0.3, 0.4) is 0 Å². The van der Waals surface area contributed by atoms with Crippen LogP contribution in [0.5, 0.6) is 0 Å². The fourth-order valence-electron chi connectivity index (χ4n) is 5.41. The molecule has 2 fully saturated rings. The molecule has 36 heavy (non-hydrogen) atoms. The Bertz CT molecular complexity index is 1210. The van der Waals surface area contributed by atoms with Gasteiger partial charge in [0, 0.05) is 60.4 Å². The molecule has 1 amide bonds. The van der Waals surface area contributed by atoms with Crippen molar-refractivity contribution in [1.82, 2.24) is 14.9 Å². The van der Waals surface area contributed by atoms with E-state index >= 15 is 0 Å². The van der Waals surface area contributed by atoms with Gasteiger partial charge in [0.05, 0.1) is 5.69 Å². The number of hydrogen-bond donors (Lipinski definition) is 2. The Labute approximate surface area is 213 Å². The molecule has 0 spiro atoms. The van der Waals surface area contributed by atoms with Gasteiger partial charge in [-0.05, 0) is 74.7 Å². The maximum Gasteiger partial charge on any atom is 0.227 e. The minimum Gasteiger partial charge on any atom is -0.368 e. The van der Waals surface area contributed by atoms with Gasteiger partial charge in [0.1, 0.15) is 0 Å². The molecule has 3 heterocycles. The number of carbonyl (C=O) groups is 1. The van der Waals surface area contributed by atoms with Crippen LogP contribution >= 0.6 is 0 Å². The van der Waals surface area contributed by atoms with Crippen LogP contribution in [0.1, 0.15) is 38.7 Å². The smallest absolute Gasteiger partial charge is 0.227 e. The van der Waals surface area contributed by atoms with E-state index in [0.29, 0.717) is 30.4 Å². The molecular weight excluding hydrogens is 448 g/mol. The summed E-state index contributed by atoms with van der Waals surface area (Å²) in [5.41, 5.74) is 6.15. The molecule has 2 N–H and O–H groups in total. The number of fused-ring (bicyclic) bond motifs is 2. The SMILES string of the molecule is Cc1cc(Nc2nccc(-c3ccc(NC(=O)CC(C)C)cc3)n2)ccc1N1CC2CCC(C1)N2C. The predicted octanol–water partition coefficient (Wildman–Crippen LogP) is 5.46. The average Bonchev–Trinajstić information content (AvgIpc) is 3.03. The van der Waals surface area contributed by atoms with Gasteiger partial charge in [-0.15, -0.1) is 0 Å². The Kier molecular flexibility index (Phi) is 6.92. The van der Waals surface area contributed by atoms with Crippen LogP contribution in [0.4, 0.5) is 23.0 Å². The average molecular weight is 485 g/mol. The van der Waals surface area contributed by atoms with Crippen molar-refractivity contribution >= 4 is 28.9 Å². The van der Waals surface area contributed by atoms with E-state index in [-0.39, 0.29) is 5.91 Å². The van der Waals surface area contributed by atoms with Crippen molar-refractivity contribution in [3.8, 4) is 11.3 Å². The van der Waals surface area contributed by atoms with Gasteiger partial charge >= 0.3 is 0 Å². The van der Waals surface area contributed by atoms with Crippen molar-refractivity contribution in [2.75, 3.05) is 35.7 Å². The van der Waals surface area contributed by atoms with Gasteiger partial charge in [0.15, 0.2) is 0 Å². The van der Waals surface area contributed by atoms with E-state index in [9.17, 15) is 4.79 Å². The van der Waals surface area contributed by atoms with Crippen LogP contribution in [0, 0.1) is 12.8 Å². The van der Waals surface area contributed by atoms with Crippen molar-refractivity contribution in [3.05, 3.63) is 60.3 Å². The lowest BCUT2D eigenvalue weighted by atomic mass is 10.1. The zero-order valence-corrected chi connectivity index (χ0v) is 21.7. The molecule has 0 aliphatic carbocycles. The second-order valence-corrected chi connectivity index (χ2v) is 10.6. The van der Waals surface area contributed by atoms with Gasteiger partial charge in [0.25, 0.3) is 0 Å². The summed E-state index contributed by atoms with van der Waals surface area (Å²) < 4.78 is 0. The van der Waals surface area contributed by atoms with Gasteiger partial charge in [-0.2, -0.15) is 0 Å². The van der Waals surface area contributed by atoms with Crippen LogP contribution in [0.2, 0.25) is 0 Å². The van der Waals surface area contributed by atoms with E-state index in [1.807, 2.05) is 44.2 Å². The topological polar surface area (TPSA) is 73.4 Å². The summed E-state index contributed by atoms with van der Waals surface area (Å²) in [6.45, 7) is 8.46. The predicted molar refractivity (Wildman–Crippen MR) is 147 cm³/mol. The van der Waals surface area contributed by atoms with Gasteiger partial charge in [0.2, 0.25) is 11.9 Å². The zero-order chi connectivity index (χ0) is 25.2. The first kappa shape index (κ1) is 24.3. The number of anilines is 4. The Morgan fingerprint density at radius 1 is 1.03 bits per heavy atom. The summed E-state index contributed by atoms with van der Waals surface area (Å²) in [4.78, 5) is 26.3. The summed E-state index contributed by atoms with van der Waals surface area (Å²) in [5, 5.41) is 6.32. The van der Waals surface area contributed by atoms with Gasteiger partial charge in [-0.1, -0.05) is 26.0 Å². The molecule has 2 saturated heterocycles. The second-order valence-electron chi connectivity index (χ2n) is 10.6. The number of piperazine rings is 1. The lowest BCUT2D eigenvalue weighted by Crippen LogP contribution is -2.52. The number of benzene rings is 2. The van der Waals surface area contributed by atoms with E-state index in [4.69, 9.17) is 4.98 Å². The molecule has 5 rings (SSSR count). The molecule has 2 aliphatic heterocycles. The van der Waals surface area contributed by atoms with Crippen LogP contribution in [-0.4, -0.2) is 53.0 Å². The number of aryl methyl sites for hydroxylation is 1. The molecule has 7 heteroatoms. The number of nitrogens with zero attached hydrogens (tertiary/aromatic N) is 4. The number of carbonyl (C=O) groups excluding carboxylic acids is 1. The third-order valence-electron chi connectivity index (χ3n) is 7.35. The van der Waals surface area contributed by atoms with E-state index in [2.05, 4.69) is 57.6 Å². The number of hydrogen-bond acceptors (Lipinski definition) is 6. The van der Waals surface area contributed by atoms with E-state index in [1.54, 1.807) is 6.20 Å². The molecule has 188 valence electrons. The highest BCUT2D eigenvalue weighted by Crippen LogP contribution is 2.33. The number of rotatable bonds is 7. The molecule has 0 radical (unpaired) electrons. The lowest BCUT2D eigenvalue weighted by Gasteiger charge is -2.40. The van der Waals surface area contributed by atoms with Crippen molar-refractivity contribution < 1.29 is 4.79 Å². The number of likely N-dealkylation sites (N-methyl/N-ethyl adjacent to an activating group) is 1. The standard InChI is InChI=1S/C29H36N6O/c1-19(2)15-28(36)31-22-7-5-21(6-8-22)26-13-14-30-29(33-26)32-23-9-12-27(20(3)16-23)35-17-24-10-11-25(18-35)34(24)4/h5-9,12-14,16,19,24-25H,10-11,15,17-18H2,1-4H3,(H,31,36)(H,30,32,33). The van der Waals surface area contributed by atoms with Gasteiger partial charge in [-0.3, -0.25) is 9.69 Å². The molecule has 0 saturated carbocycles. The first-order valence-corrected chi connectivity index (χ1v) is 12.9. The molecule has 2 aromatic carbocycles. The Morgan fingerprint density at radius 3 is 2.39 bits per heavy atom. The first-order valence-electron chi connectivity index (χ1n) is 12.9. The third-order valence-corrected chi connectivity index (χ3v) is 7.35. The first-order chi connectivity index (χ1) is 17.4. The van der Waals surface area contributed by atoms with Crippen molar-refractivity contribution in [3.63, 3.8) is 0 Å². The molecule has 1 aromatic heterocycles. The molecule has 2 bridgehead atoms.